The Morgan fingerprint density at radius 1 is 1.16 bits per heavy atom. The molecule has 2 rings (SSSR count). The van der Waals surface area contributed by atoms with Crippen molar-refractivity contribution in [2.45, 2.75) is 12.8 Å². The lowest BCUT2D eigenvalue weighted by Crippen LogP contribution is -2.16. The van der Waals surface area contributed by atoms with Crippen molar-refractivity contribution in [2.75, 3.05) is 11.4 Å². The summed E-state index contributed by atoms with van der Waals surface area (Å²) in [7, 11) is 0. The highest BCUT2D eigenvalue weighted by molar-refractivity contribution is 9.10. The molecule has 0 radical (unpaired) electrons. The van der Waals surface area contributed by atoms with Crippen LogP contribution in [0.25, 0.3) is 0 Å². The molecule has 0 amide bonds. The van der Waals surface area contributed by atoms with E-state index >= 15 is 0 Å². The molecule has 0 aliphatic carbocycles. The molecule has 0 bridgehead atoms. The third kappa shape index (κ3) is 3.28. The van der Waals surface area contributed by atoms with Crippen LogP contribution in [0, 0.1) is 5.82 Å². The lowest BCUT2D eigenvalue weighted by atomic mass is 10.2. The molecule has 0 N–H and O–H groups in total. The van der Waals surface area contributed by atoms with Gasteiger partial charge >= 0.3 is 0 Å². The van der Waals surface area contributed by atoms with Crippen LogP contribution < -0.4 is 4.90 Å². The van der Waals surface area contributed by atoms with E-state index in [4.69, 9.17) is 11.6 Å². The maximum atomic E-state index is 13.0. The summed E-state index contributed by atoms with van der Waals surface area (Å²) in [5.41, 5.74) is 3.07. The van der Waals surface area contributed by atoms with Gasteiger partial charge in [0.1, 0.15) is 5.82 Å². The van der Waals surface area contributed by atoms with Gasteiger partial charge in [0, 0.05) is 22.6 Å². The summed E-state index contributed by atoms with van der Waals surface area (Å²) in [5, 5.41) is 0. The number of nitrogens with zero attached hydrogens (tertiary/aromatic N) is 1. The number of hydrogen-bond donors (Lipinski definition) is 0. The van der Waals surface area contributed by atoms with Crippen LogP contribution in [-0.4, -0.2) is 6.54 Å². The van der Waals surface area contributed by atoms with E-state index in [1.54, 1.807) is 12.1 Å². The predicted molar refractivity (Wildman–Crippen MR) is 82.8 cm³/mol. The van der Waals surface area contributed by atoms with Crippen LogP contribution in [0.15, 0.2) is 46.9 Å². The summed E-state index contributed by atoms with van der Waals surface area (Å²) in [4.78, 5) is 2.11. The summed E-state index contributed by atoms with van der Waals surface area (Å²) in [5.74, 6) is 0.262. The number of anilines is 2. The van der Waals surface area contributed by atoms with Gasteiger partial charge in [-0.3, -0.25) is 0 Å². The topological polar surface area (TPSA) is 3.24 Å². The molecule has 2 aromatic rings. The first-order valence-electron chi connectivity index (χ1n) is 6.03. The van der Waals surface area contributed by atoms with Gasteiger partial charge < -0.3 is 4.90 Å². The highest BCUT2D eigenvalue weighted by Crippen LogP contribution is 2.33. The third-order valence-electron chi connectivity index (χ3n) is 2.91. The molecule has 4 heteroatoms. The Labute approximate surface area is 126 Å². The number of benzene rings is 2. The highest BCUT2D eigenvalue weighted by atomic mass is 79.9. The quantitative estimate of drug-likeness (QED) is 0.665. The molecule has 100 valence electrons. The zero-order chi connectivity index (χ0) is 13.8. The highest BCUT2D eigenvalue weighted by Gasteiger charge is 2.11. The molecule has 0 aliphatic rings. The van der Waals surface area contributed by atoms with Crippen molar-refractivity contribution >= 4 is 38.9 Å². The zero-order valence-electron chi connectivity index (χ0n) is 10.5. The van der Waals surface area contributed by atoms with Crippen LogP contribution in [0.3, 0.4) is 0 Å². The standard InChI is InChI=1S/C15H14BrClFN/c1-2-19(13-6-4-12(18)5-7-13)15-8-3-11(10-17)9-14(15)16/h3-9H,2,10H2,1H3. The maximum Gasteiger partial charge on any atom is 0.123 e. The average Bonchev–Trinajstić information content (AvgIpc) is 2.43. The van der Waals surface area contributed by atoms with Gasteiger partial charge in [0.05, 0.1) is 5.69 Å². The van der Waals surface area contributed by atoms with Crippen LogP contribution in [-0.2, 0) is 5.88 Å². The summed E-state index contributed by atoms with van der Waals surface area (Å²) < 4.78 is 14.0. The Bertz CT molecular complexity index is 557. The Balaban J connectivity index is 2.39. The van der Waals surface area contributed by atoms with E-state index < -0.39 is 0 Å². The Kier molecular flexibility index (Phi) is 4.83. The molecule has 2 aromatic carbocycles. The second kappa shape index (κ2) is 6.40. The molecule has 0 aliphatic heterocycles. The predicted octanol–water partition coefficient (Wildman–Crippen LogP) is 5.49. The van der Waals surface area contributed by atoms with Crippen LogP contribution in [0.2, 0.25) is 0 Å². The van der Waals surface area contributed by atoms with Crippen molar-refractivity contribution in [2.24, 2.45) is 0 Å². The minimum absolute atomic E-state index is 0.226. The second-order valence-corrected chi connectivity index (χ2v) is 5.26. The van der Waals surface area contributed by atoms with E-state index in [0.29, 0.717) is 5.88 Å². The Morgan fingerprint density at radius 2 is 1.84 bits per heavy atom. The summed E-state index contributed by atoms with van der Waals surface area (Å²) in [6.45, 7) is 2.86. The summed E-state index contributed by atoms with van der Waals surface area (Å²) >= 11 is 9.39. The first-order chi connectivity index (χ1) is 9.15. The van der Waals surface area contributed by atoms with Crippen LogP contribution in [0.4, 0.5) is 15.8 Å². The summed E-state index contributed by atoms with van der Waals surface area (Å²) in [6, 6.07) is 12.5. The van der Waals surface area contributed by atoms with Gasteiger partial charge in [-0.05, 0) is 64.8 Å². The molecule has 0 saturated heterocycles. The summed E-state index contributed by atoms with van der Waals surface area (Å²) in [6.07, 6.45) is 0. The van der Waals surface area contributed by atoms with Gasteiger partial charge in [0.15, 0.2) is 0 Å². The average molecular weight is 343 g/mol. The van der Waals surface area contributed by atoms with Gasteiger partial charge in [-0.2, -0.15) is 0 Å². The van der Waals surface area contributed by atoms with Crippen molar-refractivity contribution in [3.8, 4) is 0 Å². The van der Waals surface area contributed by atoms with E-state index in [0.717, 1.165) is 28.0 Å². The van der Waals surface area contributed by atoms with E-state index in [9.17, 15) is 4.39 Å². The lowest BCUT2D eigenvalue weighted by Gasteiger charge is -2.24. The van der Waals surface area contributed by atoms with Crippen LogP contribution >= 0.6 is 27.5 Å². The zero-order valence-corrected chi connectivity index (χ0v) is 12.9. The molecule has 0 atom stereocenters. The van der Waals surface area contributed by atoms with Crippen molar-refractivity contribution < 1.29 is 4.39 Å². The second-order valence-electron chi connectivity index (χ2n) is 4.14. The Morgan fingerprint density at radius 3 is 2.37 bits per heavy atom. The van der Waals surface area contributed by atoms with E-state index in [-0.39, 0.29) is 5.82 Å². The van der Waals surface area contributed by atoms with Crippen LogP contribution in [0.5, 0.6) is 0 Å². The molecular formula is C15H14BrClFN. The molecule has 1 nitrogen and oxygen atoms in total. The largest absolute Gasteiger partial charge is 0.341 e. The Hall–Kier alpha value is -1.06. The maximum absolute atomic E-state index is 13.0. The first-order valence-corrected chi connectivity index (χ1v) is 7.36. The van der Waals surface area contributed by atoms with E-state index in [2.05, 4.69) is 27.8 Å². The number of rotatable bonds is 4. The van der Waals surface area contributed by atoms with E-state index in [1.165, 1.54) is 12.1 Å². The SMILES string of the molecule is CCN(c1ccc(F)cc1)c1ccc(CCl)cc1Br. The molecule has 19 heavy (non-hydrogen) atoms. The van der Waals surface area contributed by atoms with Crippen molar-refractivity contribution in [1.29, 1.82) is 0 Å². The minimum Gasteiger partial charge on any atom is -0.341 e. The fraction of sp³-hybridized carbons (Fsp3) is 0.200. The number of hydrogen-bond acceptors (Lipinski definition) is 1. The third-order valence-corrected chi connectivity index (χ3v) is 3.86. The van der Waals surface area contributed by atoms with Crippen molar-refractivity contribution in [3.05, 3.63) is 58.3 Å². The van der Waals surface area contributed by atoms with Crippen LogP contribution in [0.1, 0.15) is 12.5 Å². The monoisotopic (exact) mass is 341 g/mol. The molecule has 0 fully saturated rings. The molecule has 0 saturated carbocycles. The first kappa shape index (κ1) is 14.4. The van der Waals surface area contributed by atoms with Gasteiger partial charge in [0.2, 0.25) is 0 Å². The molecule has 0 heterocycles. The van der Waals surface area contributed by atoms with Gasteiger partial charge in [-0.1, -0.05) is 6.07 Å². The fourth-order valence-electron chi connectivity index (χ4n) is 1.97. The van der Waals surface area contributed by atoms with E-state index in [1.807, 2.05) is 18.2 Å². The normalized spacial score (nSPS) is 10.5. The molecule has 0 spiro atoms. The van der Waals surface area contributed by atoms with Gasteiger partial charge in [0.25, 0.3) is 0 Å². The fourth-order valence-corrected chi connectivity index (χ4v) is 2.77. The molecule has 0 aromatic heterocycles. The molecular weight excluding hydrogens is 329 g/mol. The minimum atomic E-state index is -0.226. The molecule has 0 unspecified atom stereocenters. The lowest BCUT2D eigenvalue weighted by molar-refractivity contribution is 0.628. The number of alkyl halides is 1. The smallest absolute Gasteiger partial charge is 0.123 e. The van der Waals surface area contributed by atoms with Gasteiger partial charge in [-0.15, -0.1) is 11.6 Å². The van der Waals surface area contributed by atoms with Crippen molar-refractivity contribution in [3.63, 3.8) is 0 Å². The van der Waals surface area contributed by atoms with Gasteiger partial charge in [-0.25, -0.2) is 4.39 Å². The number of halogens is 3. The van der Waals surface area contributed by atoms with Crippen molar-refractivity contribution in [1.82, 2.24) is 0 Å².